The molecule has 8 heteroatoms. The van der Waals surface area contributed by atoms with E-state index in [-0.39, 0.29) is 23.0 Å². The Hall–Kier alpha value is -4.09. The molecule has 4 aromatic rings. The van der Waals surface area contributed by atoms with E-state index in [1.54, 1.807) is 24.3 Å². The molecule has 7 nitrogen and oxygen atoms in total. The molecule has 0 aliphatic heterocycles. The van der Waals surface area contributed by atoms with Crippen molar-refractivity contribution < 1.29 is 9.53 Å². The van der Waals surface area contributed by atoms with Gasteiger partial charge in [0.1, 0.15) is 32.9 Å². The van der Waals surface area contributed by atoms with Crippen LogP contribution < -0.4 is 21.5 Å². The standard InChI is InChI=1S/C26H25N5O2S/c1-4-33-18-11-9-17(10-12-18)30-25(32)23-22(28)21-20(16-7-5-15(6-8-16)14(2)3)19(13-27)24(29)31-26(21)34-23/h5-12,14H,4,28H2,1-3H3,(H2,29,31)(H,30,32). The summed E-state index contributed by atoms with van der Waals surface area (Å²) >= 11 is 1.15. The van der Waals surface area contributed by atoms with Crippen molar-refractivity contribution in [3.05, 3.63) is 64.5 Å². The molecule has 0 spiro atoms. The van der Waals surface area contributed by atoms with Crippen molar-refractivity contribution in [1.82, 2.24) is 4.98 Å². The van der Waals surface area contributed by atoms with Crippen LogP contribution in [0, 0.1) is 11.3 Å². The summed E-state index contributed by atoms with van der Waals surface area (Å²) in [7, 11) is 0. The van der Waals surface area contributed by atoms with Gasteiger partial charge in [-0.1, -0.05) is 38.1 Å². The first-order valence-electron chi connectivity index (χ1n) is 10.9. The predicted octanol–water partition coefficient (Wildman–Crippen LogP) is 5.77. The lowest BCUT2D eigenvalue weighted by Gasteiger charge is -2.11. The van der Waals surface area contributed by atoms with Gasteiger partial charge >= 0.3 is 0 Å². The summed E-state index contributed by atoms with van der Waals surface area (Å²) in [6, 6.07) is 17.2. The van der Waals surface area contributed by atoms with Gasteiger partial charge in [0.15, 0.2) is 0 Å². The molecule has 1 amide bonds. The minimum atomic E-state index is -0.358. The third-order valence-electron chi connectivity index (χ3n) is 5.51. The van der Waals surface area contributed by atoms with E-state index in [0.29, 0.717) is 38.9 Å². The molecule has 0 bridgehead atoms. The first kappa shape index (κ1) is 23.1. The van der Waals surface area contributed by atoms with Gasteiger partial charge in [-0.25, -0.2) is 4.98 Å². The van der Waals surface area contributed by atoms with Crippen LogP contribution in [0.2, 0.25) is 0 Å². The highest BCUT2D eigenvalue weighted by Crippen LogP contribution is 2.43. The number of aromatic nitrogens is 1. The molecule has 0 saturated heterocycles. The number of benzene rings is 2. The number of nitrogen functional groups attached to an aromatic ring is 2. The summed E-state index contributed by atoms with van der Waals surface area (Å²) in [5.41, 5.74) is 16.3. The number of carbonyl (C=O) groups is 1. The zero-order valence-electron chi connectivity index (χ0n) is 19.2. The molecule has 0 aliphatic rings. The molecular weight excluding hydrogens is 446 g/mol. The van der Waals surface area contributed by atoms with Gasteiger partial charge in [-0.15, -0.1) is 11.3 Å². The predicted molar refractivity (Wildman–Crippen MR) is 138 cm³/mol. The lowest BCUT2D eigenvalue weighted by Crippen LogP contribution is -2.12. The average molecular weight is 472 g/mol. The fourth-order valence-corrected chi connectivity index (χ4v) is 4.77. The first-order valence-corrected chi connectivity index (χ1v) is 11.7. The summed E-state index contributed by atoms with van der Waals surface area (Å²) < 4.78 is 5.44. The van der Waals surface area contributed by atoms with Gasteiger partial charge in [0.05, 0.1) is 12.3 Å². The van der Waals surface area contributed by atoms with Gasteiger partial charge in [0.25, 0.3) is 5.91 Å². The molecule has 2 aromatic carbocycles. The number of hydrogen-bond donors (Lipinski definition) is 3. The van der Waals surface area contributed by atoms with Gasteiger partial charge in [-0.2, -0.15) is 5.26 Å². The maximum atomic E-state index is 13.1. The van der Waals surface area contributed by atoms with Crippen molar-refractivity contribution in [3.8, 4) is 22.9 Å². The minimum Gasteiger partial charge on any atom is -0.494 e. The Morgan fingerprint density at radius 1 is 1.15 bits per heavy atom. The number of rotatable bonds is 6. The van der Waals surface area contributed by atoms with Crippen LogP contribution in [0.3, 0.4) is 0 Å². The Labute approximate surface area is 202 Å². The second kappa shape index (κ2) is 9.41. The Balaban J connectivity index is 1.79. The minimum absolute atomic E-state index is 0.109. The number of pyridine rings is 1. The van der Waals surface area contributed by atoms with E-state index >= 15 is 0 Å². The van der Waals surface area contributed by atoms with E-state index in [0.717, 1.165) is 22.6 Å². The highest BCUT2D eigenvalue weighted by atomic mass is 32.1. The molecule has 172 valence electrons. The SMILES string of the molecule is CCOc1ccc(NC(=O)c2sc3nc(N)c(C#N)c(-c4ccc(C(C)C)cc4)c3c2N)cc1. The quantitative estimate of drug-likeness (QED) is 0.327. The van der Waals surface area contributed by atoms with Crippen molar-refractivity contribution in [3.63, 3.8) is 0 Å². The zero-order valence-corrected chi connectivity index (χ0v) is 20.0. The average Bonchev–Trinajstić information content (AvgIpc) is 3.15. The van der Waals surface area contributed by atoms with Gasteiger partial charge in [0.2, 0.25) is 0 Å². The number of amides is 1. The Kier molecular flexibility index (Phi) is 6.39. The largest absolute Gasteiger partial charge is 0.494 e. The van der Waals surface area contributed by atoms with Gasteiger partial charge in [-0.05, 0) is 48.2 Å². The maximum absolute atomic E-state index is 13.1. The second-order valence-corrected chi connectivity index (χ2v) is 9.07. The van der Waals surface area contributed by atoms with E-state index in [1.807, 2.05) is 31.2 Å². The van der Waals surface area contributed by atoms with Crippen LogP contribution in [-0.2, 0) is 0 Å². The van der Waals surface area contributed by atoms with Crippen LogP contribution in [0.5, 0.6) is 5.75 Å². The van der Waals surface area contributed by atoms with E-state index in [1.165, 1.54) is 5.56 Å². The molecule has 34 heavy (non-hydrogen) atoms. The van der Waals surface area contributed by atoms with E-state index in [9.17, 15) is 10.1 Å². The third kappa shape index (κ3) is 4.26. The van der Waals surface area contributed by atoms with Gasteiger partial charge in [0, 0.05) is 16.6 Å². The summed E-state index contributed by atoms with van der Waals surface area (Å²) in [5.74, 6) is 0.843. The van der Waals surface area contributed by atoms with Crippen molar-refractivity contribution in [2.75, 3.05) is 23.4 Å². The monoisotopic (exact) mass is 471 g/mol. The maximum Gasteiger partial charge on any atom is 0.267 e. The number of ether oxygens (including phenoxy) is 1. The van der Waals surface area contributed by atoms with Crippen molar-refractivity contribution >= 4 is 44.7 Å². The smallest absolute Gasteiger partial charge is 0.267 e. The highest BCUT2D eigenvalue weighted by Gasteiger charge is 2.24. The number of fused-ring (bicyclic) bond motifs is 1. The van der Waals surface area contributed by atoms with E-state index in [2.05, 4.69) is 30.2 Å². The topological polar surface area (TPSA) is 127 Å². The Morgan fingerprint density at radius 2 is 1.82 bits per heavy atom. The number of carbonyl (C=O) groups excluding carboxylic acids is 1. The molecule has 0 fully saturated rings. The molecular formula is C26H25N5O2S. The molecule has 0 atom stereocenters. The van der Waals surface area contributed by atoms with Crippen molar-refractivity contribution in [2.24, 2.45) is 0 Å². The second-order valence-electron chi connectivity index (χ2n) is 8.07. The number of nitriles is 1. The summed E-state index contributed by atoms with van der Waals surface area (Å²) in [6.07, 6.45) is 0. The van der Waals surface area contributed by atoms with Gasteiger partial charge < -0.3 is 21.5 Å². The van der Waals surface area contributed by atoms with Crippen LogP contribution in [0.15, 0.2) is 48.5 Å². The lowest BCUT2D eigenvalue weighted by molar-refractivity contribution is 0.103. The Bertz CT molecular complexity index is 1400. The summed E-state index contributed by atoms with van der Waals surface area (Å²) in [6.45, 7) is 6.70. The molecule has 2 aromatic heterocycles. The molecule has 2 heterocycles. The molecule has 0 aliphatic carbocycles. The normalized spacial score (nSPS) is 10.9. The fourth-order valence-electron chi connectivity index (χ4n) is 3.76. The Morgan fingerprint density at radius 3 is 2.41 bits per heavy atom. The van der Waals surface area contributed by atoms with Crippen molar-refractivity contribution in [1.29, 1.82) is 5.26 Å². The molecule has 0 saturated carbocycles. The number of nitrogens with zero attached hydrogens (tertiary/aromatic N) is 2. The van der Waals surface area contributed by atoms with Crippen LogP contribution in [0.25, 0.3) is 21.3 Å². The molecule has 0 unspecified atom stereocenters. The highest BCUT2D eigenvalue weighted by molar-refractivity contribution is 7.21. The number of hydrogen-bond acceptors (Lipinski definition) is 7. The summed E-state index contributed by atoms with van der Waals surface area (Å²) in [4.78, 5) is 18.3. The van der Waals surface area contributed by atoms with E-state index < -0.39 is 0 Å². The molecule has 0 radical (unpaired) electrons. The van der Waals surface area contributed by atoms with Crippen LogP contribution in [0.4, 0.5) is 17.2 Å². The van der Waals surface area contributed by atoms with Crippen molar-refractivity contribution in [2.45, 2.75) is 26.7 Å². The first-order chi connectivity index (χ1) is 16.3. The number of anilines is 3. The van der Waals surface area contributed by atoms with Crippen LogP contribution in [0.1, 0.15) is 47.5 Å². The summed E-state index contributed by atoms with van der Waals surface area (Å²) in [5, 5.41) is 13.3. The third-order valence-corrected chi connectivity index (χ3v) is 6.61. The van der Waals surface area contributed by atoms with Crippen LogP contribution in [-0.4, -0.2) is 17.5 Å². The fraction of sp³-hybridized carbons (Fsp3) is 0.192. The number of thiophene rings is 1. The number of nitrogens with two attached hydrogens (primary N) is 2. The lowest BCUT2D eigenvalue weighted by atomic mass is 9.94. The number of nitrogens with one attached hydrogen (secondary N) is 1. The molecule has 5 N–H and O–H groups in total. The van der Waals surface area contributed by atoms with Gasteiger partial charge in [-0.3, -0.25) is 4.79 Å². The van der Waals surface area contributed by atoms with Crippen LogP contribution >= 0.6 is 11.3 Å². The molecule has 4 rings (SSSR count). The zero-order chi connectivity index (χ0) is 24.4. The van der Waals surface area contributed by atoms with E-state index in [4.69, 9.17) is 16.2 Å².